The van der Waals surface area contributed by atoms with E-state index in [0.717, 1.165) is 39.0 Å². The summed E-state index contributed by atoms with van der Waals surface area (Å²) < 4.78 is 0. The molecule has 1 heterocycles. The molecular formula is C11H21N3O. The van der Waals surface area contributed by atoms with Crippen LogP contribution >= 0.6 is 0 Å². The maximum atomic E-state index is 11.8. The van der Waals surface area contributed by atoms with Gasteiger partial charge in [-0.3, -0.25) is 4.79 Å². The van der Waals surface area contributed by atoms with E-state index in [4.69, 9.17) is 5.73 Å². The van der Waals surface area contributed by atoms with Crippen LogP contribution in [-0.4, -0.2) is 43.0 Å². The third-order valence-electron chi connectivity index (χ3n) is 3.33. The highest BCUT2D eigenvalue weighted by molar-refractivity contribution is 5.79. The van der Waals surface area contributed by atoms with Gasteiger partial charge in [-0.15, -0.1) is 0 Å². The second kappa shape index (κ2) is 4.94. The molecule has 2 rings (SSSR count). The van der Waals surface area contributed by atoms with Crippen LogP contribution in [0.5, 0.6) is 0 Å². The highest BCUT2D eigenvalue weighted by Crippen LogP contribution is 2.22. The zero-order chi connectivity index (χ0) is 10.7. The molecule has 0 aromatic rings. The molecule has 15 heavy (non-hydrogen) atoms. The van der Waals surface area contributed by atoms with Gasteiger partial charge in [0.25, 0.3) is 0 Å². The van der Waals surface area contributed by atoms with Crippen molar-refractivity contribution in [2.24, 2.45) is 11.7 Å². The summed E-state index contributed by atoms with van der Waals surface area (Å²) in [6.07, 6.45) is 4.35. The van der Waals surface area contributed by atoms with E-state index in [2.05, 4.69) is 10.2 Å². The quantitative estimate of drug-likeness (QED) is 0.684. The fourth-order valence-corrected chi connectivity index (χ4v) is 2.15. The summed E-state index contributed by atoms with van der Waals surface area (Å²) in [6, 6.07) is 0.500. The van der Waals surface area contributed by atoms with Crippen LogP contribution in [0.2, 0.25) is 0 Å². The summed E-state index contributed by atoms with van der Waals surface area (Å²) in [4.78, 5) is 14.1. The Bertz CT molecular complexity index is 220. The highest BCUT2D eigenvalue weighted by atomic mass is 16.2. The summed E-state index contributed by atoms with van der Waals surface area (Å²) in [7, 11) is 0. The molecule has 1 saturated heterocycles. The van der Waals surface area contributed by atoms with E-state index >= 15 is 0 Å². The molecule has 1 aliphatic carbocycles. The average molecular weight is 211 g/mol. The molecule has 1 saturated carbocycles. The van der Waals surface area contributed by atoms with Gasteiger partial charge in [0.15, 0.2) is 0 Å². The largest absolute Gasteiger partial charge is 0.353 e. The fraction of sp³-hybridized carbons (Fsp3) is 0.909. The van der Waals surface area contributed by atoms with Gasteiger partial charge in [0, 0.05) is 25.0 Å². The Morgan fingerprint density at radius 3 is 2.47 bits per heavy atom. The Balaban J connectivity index is 1.69. The SMILES string of the molecule is NCCN1CCC(C(=O)NC2CC2)CC1. The molecule has 4 heteroatoms. The number of hydrogen-bond donors (Lipinski definition) is 2. The van der Waals surface area contributed by atoms with E-state index in [0.29, 0.717) is 6.04 Å². The molecule has 3 N–H and O–H groups in total. The lowest BCUT2D eigenvalue weighted by molar-refractivity contribution is -0.126. The monoisotopic (exact) mass is 211 g/mol. The van der Waals surface area contributed by atoms with Crippen molar-refractivity contribution in [1.82, 2.24) is 10.2 Å². The van der Waals surface area contributed by atoms with Gasteiger partial charge in [-0.05, 0) is 38.8 Å². The Morgan fingerprint density at radius 2 is 1.93 bits per heavy atom. The van der Waals surface area contributed by atoms with Crippen LogP contribution < -0.4 is 11.1 Å². The lowest BCUT2D eigenvalue weighted by atomic mass is 9.96. The van der Waals surface area contributed by atoms with E-state index in [1.54, 1.807) is 0 Å². The Hall–Kier alpha value is -0.610. The van der Waals surface area contributed by atoms with E-state index in [-0.39, 0.29) is 11.8 Å². The summed E-state index contributed by atoms with van der Waals surface area (Å²) >= 11 is 0. The zero-order valence-corrected chi connectivity index (χ0v) is 9.24. The first-order valence-electron chi connectivity index (χ1n) is 6.02. The topological polar surface area (TPSA) is 58.4 Å². The van der Waals surface area contributed by atoms with Crippen molar-refractivity contribution in [3.05, 3.63) is 0 Å². The molecule has 1 aliphatic heterocycles. The lowest BCUT2D eigenvalue weighted by Gasteiger charge is -2.30. The van der Waals surface area contributed by atoms with Crippen molar-refractivity contribution in [3.8, 4) is 0 Å². The van der Waals surface area contributed by atoms with Crippen molar-refractivity contribution in [1.29, 1.82) is 0 Å². The summed E-state index contributed by atoms with van der Waals surface area (Å²) in [6.45, 7) is 3.75. The molecule has 2 fully saturated rings. The van der Waals surface area contributed by atoms with Crippen molar-refractivity contribution in [2.45, 2.75) is 31.7 Å². The Morgan fingerprint density at radius 1 is 1.27 bits per heavy atom. The van der Waals surface area contributed by atoms with E-state index in [9.17, 15) is 4.79 Å². The van der Waals surface area contributed by atoms with Gasteiger partial charge in [0.2, 0.25) is 5.91 Å². The molecule has 0 aromatic carbocycles. The smallest absolute Gasteiger partial charge is 0.223 e. The number of nitrogens with one attached hydrogen (secondary N) is 1. The summed E-state index contributed by atoms with van der Waals surface area (Å²) in [5.41, 5.74) is 5.51. The summed E-state index contributed by atoms with van der Waals surface area (Å²) in [5.74, 6) is 0.532. The maximum absolute atomic E-state index is 11.8. The number of amides is 1. The summed E-state index contributed by atoms with van der Waals surface area (Å²) in [5, 5.41) is 3.09. The molecular weight excluding hydrogens is 190 g/mol. The molecule has 86 valence electrons. The normalized spacial score (nSPS) is 24.1. The Kier molecular flexibility index (Phi) is 3.59. The van der Waals surface area contributed by atoms with Gasteiger partial charge in [0.1, 0.15) is 0 Å². The van der Waals surface area contributed by atoms with Crippen LogP contribution in [0.3, 0.4) is 0 Å². The van der Waals surface area contributed by atoms with Gasteiger partial charge >= 0.3 is 0 Å². The van der Waals surface area contributed by atoms with Gasteiger partial charge in [-0.1, -0.05) is 0 Å². The van der Waals surface area contributed by atoms with Crippen LogP contribution in [0, 0.1) is 5.92 Å². The van der Waals surface area contributed by atoms with E-state index < -0.39 is 0 Å². The molecule has 0 unspecified atom stereocenters. The molecule has 0 radical (unpaired) electrons. The van der Waals surface area contributed by atoms with Crippen molar-refractivity contribution < 1.29 is 4.79 Å². The number of piperidine rings is 1. The molecule has 4 nitrogen and oxygen atoms in total. The lowest BCUT2D eigenvalue weighted by Crippen LogP contribution is -2.42. The second-order valence-electron chi connectivity index (χ2n) is 4.69. The highest BCUT2D eigenvalue weighted by Gasteiger charge is 2.29. The van der Waals surface area contributed by atoms with E-state index in [1.165, 1.54) is 12.8 Å². The van der Waals surface area contributed by atoms with Gasteiger partial charge in [-0.25, -0.2) is 0 Å². The van der Waals surface area contributed by atoms with Crippen LogP contribution in [-0.2, 0) is 4.79 Å². The number of likely N-dealkylation sites (tertiary alicyclic amines) is 1. The van der Waals surface area contributed by atoms with E-state index in [1.807, 2.05) is 0 Å². The van der Waals surface area contributed by atoms with Gasteiger partial charge < -0.3 is 16.0 Å². The van der Waals surface area contributed by atoms with Crippen LogP contribution in [0.25, 0.3) is 0 Å². The number of hydrogen-bond acceptors (Lipinski definition) is 3. The number of nitrogens with two attached hydrogens (primary N) is 1. The van der Waals surface area contributed by atoms with Crippen molar-refractivity contribution in [2.75, 3.05) is 26.2 Å². The number of carbonyl (C=O) groups excluding carboxylic acids is 1. The van der Waals surface area contributed by atoms with Gasteiger partial charge in [0.05, 0.1) is 0 Å². The van der Waals surface area contributed by atoms with Crippen molar-refractivity contribution >= 4 is 5.91 Å². The fourth-order valence-electron chi connectivity index (χ4n) is 2.15. The second-order valence-corrected chi connectivity index (χ2v) is 4.69. The third kappa shape index (κ3) is 3.18. The first kappa shape index (κ1) is 10.9. The minimum absolute atomic E-state index is 0.250. The predicted octanol–water partition coefficient (Wildman–Crippen LogP) is -0.0643. The van der Waals surface area contributed by atoms with Crippen LogP contribution in [0.15, 0.2) is 0 Å². The molecule has 2 aliphatic rings. The first-order valence-corrected chi connectivity index (χ1v) is 6.02. The first-order chi connectivity index (χ1) is 7.29. The van der Waals surface area contributed by atoms with Crippen LogP contribution in [0.1, 0.15) is 25.7 Å². The van der Waals surface area contributed by atoms with Gasteiger partial charge in [-0.2, -0.15) is 0 Å². The minimum atomic E-state index is 0.250. The third-order valence-corrected chi connectivity index (χ3v) is 3.33. The molecule has 1 amide bonds. The average Bonchev–Trinajstić information content (AvgIpc) is 3.03. The van der Waals surface area contributed by atoms with Crippen LogP contribution in [0.4, 0.5) is 0 Å². The Labute approximate surface area is 91.2 Å². The standard InChI is InChI=1S/C11H21N3O/c12-5-8-14-6-3-9(4-7-14)11(15)13-10-1-2-10/h9-10H,1-8,12H2,(H,13,15). The number of nitrogens with zero attached hydrogens (tertiary/aromatic N) is 1. The minimum Gasteiger partial charge on any atom is -0.353 e. The molecule has 0 atom stereocenters. The van der Waals surface area contributed by atoms with Crippen molar-refractivity contribution in [3.63, 3.8) is 0 Å². The molecule has 0 aromatic heterocycles. The number of carbonyl (C=O) groups is 1. The number of rotatable bonds is 4. The molecule has 0 bridgehead atoms. The zero-order valence-electron chi connectivity index (χ0n) is 9.24. The molecule has 0 spiro atoms. The maximum Gasteiger partial charge on any atom is 0.223 e. The predicted molar refractivity (Wildman–Crippen MR) is 59.4 cm³/mol.